The second kappa shape index (κ2) is 5.03. The maximum Gasteiger partial charge on any atom is 0.433 e. The number of aromatic hydroxyl groups is 1. The van der Waals surface area contributed by atoms with Gasteiger partial charge in [0, 0.05) is 18.7 Å². The van der Waals surface area contributed by atoms with Gasteiger partial charge in [0.25, 0.3) is 0 Å². The monoisotopic (exact) mass is 322 g/mol. The molecule has 0 amide bonds. The lowest BCUT2D eigenvalue weighted by Gasteiger charge is -2.12. The van der Waals surface area contributed by atoms with Gasteiger partial charge in [-0.25, -0.2) is 4.39 Å². The Hall–Kier alpha value is -2.09. The maximum atomic E-state index is 13.8. The minimum Gasteiger partial charge on any atom is -0.506 e. The third kappa shape index (κ3) is 2.85. The van der Waals surface area contributed by atoms with Gasteiger partial charge in [-0.05, 0) is 12.1 Å². The quantitative estimate of drug-likeness (QED) is 0.821. The van der Waals surface area contributed by atoms with Crippen LogP contribution in [0.4, 0.5) is 17.6 Å². The average molecular weight is 323 g/mol. The van der Waals surface area contributed by atoms with E-state index in [0.717, 1.165) is 19.2 Å². The highest BCUT2D eigenvalue weighted by Crippen LogP contribution is 2.31. The van der Waals surface area contributed by atoms with Gasteiger partial charge in [-0.15, -0.1) is 0 Å². The van der Waals surface area contributed by atoms with Crippen LogP contribution in [0.2, 0.25) is 5.02 Å². The number of phenols is 1. The van der Waals surface area contributed by atoms with Crippen molar-refractivity contribution >= 4 is 11.6 Å². The Balaban J connectivity index is 2.70. The van der Waals surface area contributed by atoms with Crippen LogP contribution in [-0.2, 0) is 13.2 Å². The van der Waals surface area contributed by atoms with Crippen LogP contribution in [-0.4, -0.2) is 14.9 Å². The molecule has 2 aromatic rings. The zero-order valence-corrected chi connectivity index (χ0v) is 11.1. The van der Waals surface area contributed by atoms with Gasteiger partial charge >= 0.3 is 6.18 Å². The van der Waals surface area contributed by atoms with Crippen molar-refractivity contribution in [1.82, 2.24) is 9.78 Å². The molecule has 0 saturated carbocycles. The molecule has 1 aromatic heterocycles. The van der Waals surface area contributed by atoms with Gasteiger partial charge in [-0.2, -0.15) is 18.3 Å². The molecule has 0 atom stereocenters. The van der Waals surface area contributed by atoms with Crippen LogP contribution in [0.15, 0.2) is 23.0 Å². The van der Waals surface area contributed by atoms with Crippen molar-refractivity contribution in [2.45, 2.75) is 6.18 Å². The molecule has 4 nitrogen and oxygen atoms in total. The minimum absolute atomic E-state index is 0.292. The summed E-state index contributed by atoms with van der Waals surface area (Å²) in [5.74, 6) is -1.50. The second-order valence-electron chi connectivity index (χ2n) is 4.15. The molecule has 0 fully saturated rings. The molecular weight excluding hydrogens is 316 g/mol. The van der Waals surface area contributed by atoms with Gasteiger partial charge in [0.2, 0.25) is 5.43 Å². The molecule has 2 rings (SSSR count). The highest BCUT2D eigenvalue weighted by molar-refractivity contribution is 6.32. The topological polar surface area (TPSA) is 55.1 Å². The molecule has 0 unspecified atom stereocenters. The van der Waals surface area contributed by atoms with E-state index in [2.05, 4.69) is 5.10 Å². The van der Waals surface area contributed by atoms with Gasteiger partial charge in [-0.3, -0.25) is 9.48 Å². The van der Waals surface area contributed by atoms with Crippen molar-refractivity contribution in [1.29, 1.82) is 0 Å². The minimum atomic E-state index is -4.76. The first-order valence-corrected chi connectivity index (χ1v) is 5.83. The van der Waals surface area contributed by atoms with E-state index >= 15 is 0 Å². The van der Waals surface area contributed by atoms with Crippen molar-refractivity contribution in [3.8, 4) is 17.0 Å². The van der Waals surface area contributed by atoms with Crippen LogP contribution in [0.1, 0.15) is 5.69 Å². The number of halogens is 5. The van der Waals surface area contributed by atoms with Gasteiger partial charge in [0.1, 0.15) is 23.0 Å². The Morgan fingerprint density at radius 2 is 1.90 bits per heavy atom. The summed E-state index contributed by atoms with van der Waals surface area (Å²) in [5.41, 5.74) is -3.39. The first kappa shape index (κ1) is 15.3. The maximum absolute atomic E-state index is 13.8. The molecule has 0 aliphatic heterocycles. The molecule has 1 aromatic carbocycles. The Kier molecular flexibility index (Phi) is 3.66. The molecular formula is C12H7ClF4N2O2. The molecule has 9 heteroatoms. The summed E-state index contributed by atoms with van der Waals surface area (Å²) >= 11 is 5.49. The SMILES string of the molecule is Cn1nc(-c2cc(O)c(Cl)cc2F)c(=O)cc1C(F)(F)F. The van der Waals surface area contributed by atoms with Crippen molar-refractivity contribution in [2.24, 2.45) is 7.05 Å². The molecule has 0 saturated heterocycles. The van der Waals surface area contributed by atoms with Crippen molar-refractivity contribution in [2.75, 3.05) is 0 Å². The summed E-state index contributed by atoms with van der Waals surface area (Å²) in [7, 11) is 0.972. The van der Waals surface area contributed by atoms with Crippen LogP contribution < -0.4 is 5.43 Å². The number of hydrogen-bond acceptors (Lipinski definition) is 3. The smallest absolute Gasteiger partial charge is 0.433 e. The number of benzene rings is 1. The second-order valence-corrected chi connectivity index (χ2v) is 4.55. The summed E-state index contributed by atoms with van der Waals surface area (Å²) in [5, 5.41) is 12.6. The number of phenolic OH excluding ortho intramolecular Hbond substituents is 1. The molecule has 1 N–H and O–H groups in total. The highest BCUT2D eigenvalue weighted by Gasteiger charge is 2.34. The molecule has 0 bridgehead atoms. The van der Waals surface area contributed by atoms with Crippen LogP contribution in [0.25, 0.3) is 11.3 Å². The third-order valence-corrected chi connectivity index (χ3v) is 2.98. The van der Waals surface area contributed by atoms with Crippen molar-refractivity contribution in [3.05, 3.63) is 45.0 Å². The summed E-state index contributed by atoms with van der Waals surface area (Å²) in [6, 6.07) is 1.88. The molecule has 0 aliphatic rings. The lowest BCUT2D eigenvalue weighted by atomic mass is 10.1. The van der Waals surface area contributed by atoms with Crippen LogP contribution in [0.5, 0.6) is 5.75 Å². The summed E-state index contributed by atoms with van der Waals surface area (Å²) < 4.78 is 52.1. The fourth-order valence-corrected chi connectivity index (χ4v) is 1.86. The lowest BCUT2D eigenvalue weighted by molar-refractivity contribution is -0.144. The van der Waals surface area contributed by atoms with E-state index in [0.29, 0.717) is 10.7 Å². The standard InChI is InChI=1S/C12H7ClF4N2O2/c1-19-10(12(15,16)17)4-9(21)11(18-19)5-2-8(20)6(13)3-7(5)14/h2-4,20H,1H3. The molecule has 1 heterocycles. The number of aromatic nitrogens is 2. The fraction of sp³-hybridized carbons (Fsp3) is 0.167. The van der Waals surface area contributed by atoms with Crippen molar-refractivity contribution < 1.29 is 22.7 Å². The summed E-state index contributed by atoms with van der Waals surface area (Å²) in [6.07, 6.45) is -4.76. The predicted molar refractivity (Wildman–Crippen MR) is 66.5 cm³/mol. The largest absolute Gasteiger partial charge is 0.506 e. The normalized spacial score (nSPS) is 11.7. The number of hydrogen-bond donors (Lipinski definition) is 1. The predicted octanol–water partition coefficient (Wildman–Crippen LogP) is 2.96. The fourth-order valence-electron chi connectivity index (χ4n) is 1.71. The van der Waals surface area contributed by atoms with E-state index in [4.69, 9.17) is 11.6 Å². The molecule has 112 valence electrons. The third-order valence-electron chi connectivity index (χ3n) is 2.68. The van der Waals surface area contributed by atoms with E-state index in [-0.39, 0.29) is 5.02 Å². The van der Waals surface area contributed by atoms with Gasteiger partial charge in [0.15, 0.2) is 0 Å². The van der Waals surface area contributed by atoms with Gasteiger partial charge in [-0.1, -0.05) is 11.6 Å². The summed E-state index contributed by atoms with van der Waals surface area (Å²) in [6.45, 7) is 0. The van der Waals surface area contributed by atoms with Crippen LogP contribution in [0, 0.1) is 5.82 Å². The molecule has 0 aliphatic carbocycles. The van der Waals surface area contributed by atoms with E-state index in [9.17, 15) is 27.5 Å². The molecule has 21 heavy (non-hydrogen) atoms. The first-order chi connectivity index (χ1) is 9.61. The van der Waals surface area contributed by atoms with Crippen LogP contribution >= 0.6 is 11.6 Å². The Labute approximate surface area is 120 Å². The number of aryl methyl sites for hydroxylation is 1. The van der Waals surface area contributed by atoms with E-state index < -0.39 is 40.1 Å². The molecule has 0 radical (unpaired) electrons. The highest BCUT2D eigenvalue weighted by atomic mass is 35.5. The average Bonchev–Trinajstić information content (AvgIpc) is 2.35. The van der Waals surface area contributed by atoms with Gasteiger partial charge in [0.05, 0.1) is 5.02 Å². The first-order valence-electron chi connectivity index (χ1n) is 5.45. The van der Waals surface area contributed by atoms with E-state index in [1.54, 1.807) is 0 Å². The van der Waals surface area contributed by atoms with Crippen LogP contribution in [0.3, 0.4) is 0 Å². The Morgan fingerprint density at radius 1 is 1.29 bits per heavy atom. The van der Waals surface area contributed by atoms with E-state index in [1.807, 2.05) is 0 Å². The summed E-state index contributed by atoms with van der Waals surface area (Å²) in [4.78, 5) is 11.7. The lowest BCUT2D eigenvalue weighted by Crippen LogP contribution is -2.22. The van der Waals surface area contributed by atoms with Gasteiger partial charge < -0.3 is 5.11 Å². The Morgan fingerprint density at radius 3 is 2.48 bits per heavy atom. The van der Waals surface area contributed by atoms with Crippen molar-refractivity contribution in [3.63, 3.8) is 0 Å². The van der Waals surface area contributed by atoms with E-state index in [1.165, 1.54) is 0 Å². The molecule has 0 spiro atoms. The number of rotatable bonds is 1. The number of nitrogens with zero attached hydrogens (tertiary/aromatic N) is 2. The Bertz CT molecular complexity index is 771. The zero-order chi connectivity index (χ0) is 15.9. The zero-order valence-electron chi connectivity index (χ0n) is 10.4. The number of alkyl halides is 3.